The van der Waals surface area contributed by atoms with Gasteiger partial charge in [0.2, 0.25) is 0 Å². The number of halogens is 1. The van der Waals surface area contributed by atoms with Gasteiger partial charge in [-0.2, -0.15) is 28.2 Å². The molecule has 0 heterocycles. The normalized spacial score (nSPS) is 20.3. The predicted octanol–water partition coefficient (Wildman–Crippen LogP) is 4.21. The molecule has 108 valence electrons. The molecule has 0 aromatic rings. The minimum Gasteiger partial charge on any atom is -0.668 e. The summed E-state index contributed by atoms with van der Waals surface area (Å²) in [6, 6.07) is 0. The van der Waals surface area contributed by atoms with Crippen molar-refractivity contribution in [2.75, 3.05) is 41.8 Å². The van der Waals surface area contributed by atoms with Crippen LogP contribution in [0.5, 0.6) is 0 Å². The largest absolute Gasteiger partial charge is 4.00 e. The van der Waals surface area contributed by atoms with E-state index in [-0.39, 0.29) is 33.3 Å². The number of alkyl halides is 1. The molecule has 1 saturated carbocycles. The zero-order chi connectivity index (χ0) is 12.8. The maximum atomic E-state index is 5.01. The van der Waals surface area contributed by atoms with Gasteiger partial charge in [0, 0.05) is 10.5 Å². The fraction of sp³-hybridized carbons (Fsp3) is 0.917. The first-order valence-electron chi connectivity index (χ1n) is 5.48. The molecular weight excluding hydrogens is 508 g/mol. The quantitative estimate of drug-likeness (QED) is 0.176. The van der Waals surface area contributed by atoms with Gasteiger partial charge in [-0.25, -0.2) is 0 Å². The molecule has 0 bridgehead atoms. The Kier molecular flexibility index (Phi) is 36.2. The predicted molar refractivity (Wildman–Crippen MR) is 87.2 cm³/mol. The fourth-order valence-corrected chi connectivity index (χ4v) is 2.36. The van der Waals surface area contributed by atoms with Crippen molar-refractivity contribution in [3.63, 3.8) is 0 Å². The minimum atomic E-state index is 0. The Bertz CT molecular complexity index is 132. The standard InChI is InChI=1S/C7H13INO.2C2H6N.CH3.Hf/c1-9-10-5-6-3-2-4-7(6)8;2*1-3-2;;/h6-7H,2-5H2,1H3;2*1-2H3;1H3;/q4*-1;+4/t6-,7?;;;;/m0..../s1. The van der Waals surface area contributed by atoms with Crippen LogP contribution in [0.15, 0.2) is 0 Å². The van der Waals surface area contributed by atoms with Crippen molar-refractivity contribution in [2.45, 2.75) is 23.2 Å². The van der Waals surface area contributed by atoms with Gasteiger partial charge in [0.1, 0.15) is 0 Å². The Morgan fingerprint density at radius 3 is 1.78 bits per heavy atom. The molecule has 4 nitrogen and oxygen atoms in total. The molecule has 2 atom stereocenters. The van der Waals surface area contributed by atoms with Gasteiger partial charge >= 0.3 is 25.8 Å². The summed E-state index contributed by atoms with van der Waals surface area (Å²) in [5.41, 5.74) is 3.63. The zero-order valence-electron chi connectivity index (χ0n) is 12.6. The Balaban J connectivity index is -0.000000106. The summed E-state index contributed by atoms with van der Waals surface area (Å²) in [6.07, 6.45) is 4.05. The third-order valence-electron chi connectivity index (χ3n) is 1.98. The minimum absolute atomic E-state index is 0. The van der Waals surface area contributed by atoms with E-state index in [0.717, 1.165) is 16.4 Å². The molecule has 1 aliphatic rings. The third kappa shape index (κ3) is 19.8. The summed E-state index contributed by atoms with van der Waals surface area (Å²) in [5, 5.41) is 7.00. The van der Waals surface area contributed by atoms with Crippen LogP contribution in [0.4, 0.5) is 0 Å². The average molecular weight is 536 g/mol. The first kappa shape index (κ1) is 27.7. The number of hydrogen-bond donors (Lipinski definition) is 0. The van der Waals surface area contributed by atoms with Crippen LogP contribution in [0.25, 0.3) is 16.1 Å². The first-order valence-corrected chi connectivity index (χ1v) is 6.73. The molecular formula is C12H28HfIN3O. The summed E-state index contributed by atoms with van der Waals surface area (Å²) < 4.78 is 0.819. The van der Waals surface area contributed by atoms with Crippen LogP contribution in [0.3, 0.4) is 0 Å². The van der Waals surface area contributed by atoms with E-state index < -0.39 is 0 Å². The van der Waals surface area contributed by atoms with Gasteiger partial charge in [-0.1, -0.05) is 29.0 Å². The molecule has 18 heavy (non-hydrogen) atoms. The third-order valence-corrected chi connectivity index (χ3v) is 3.62. The van der Waals surface area contributed by atoms with Crippen LogP contribution in [0.2, 0.25) is 0 Å². The molecule has 1 fully saturated rings. The van der Waals surface area contributed by atoms with E-state index >= 15 is 0 Å². The van der Waals surface area contributed by atoms with Crippen LogP contribution in [0, 0.1) is 13.3 Å². The topological polar surface area (TPSA) is 51.5 Å². The molecule has 1 unspecified atom stereocenters. The van der Waals surface area contributed by atoms with E-state index in [9.17, 15) is 0 Å². The summed E-state index contributed by atoms with van der Waals surface area (Å²) in [7, 11) is 8.69. The summed E-state index contributed by atoms with van der Waals surface area (Å²) in [4.78, 5) is 5.01. The van der Waals surface area contributed by atoms with Crippen LogP contribution in [-0.4, -0.2) is 45.8 Å². The van der Waals surface area contributed by atoms with Crippen molar-refractivity contribution in [1.29, 1.82) is 0 Å². The van der Waals surface area contributed by atoms with Crippen molar-refractivity contribution in [1.82, 2.24) is 0 Å². The molecule has 0 aromatic carbocycles. The van der Waals surface area contributed by atoms with Gasteiger partial charge in [0.15, 0.2) is 0 Å². The molecule has 0 amide bonds. The van der Waals surface area contributed by atoms with Gasteiger partial charge in [0.05, 0.1) is 0 Å². The van der Waals surface area contributed by atoms with Crippen molar-refractivity contribution in [2.24, 2.45) is 5.92 Å². The molecule has 0 N–H and O–H groups in total. The maximum Gasteiger partial charge on any atom is 4.00 e. The maximum absolute atomic E-state index is 5.01. The molecule has 0 saturated heterocycles. The van der Waals surface area contributed by atoms with Crippen LogP contribution in [-0.2, 0) is 30.7 Å². The second-order valence-corrected chi connectivity index (χ2v) is 5.18. The molecule has 0 radical (unpaired) electrons. The van der Waals surface area contributed by atoms with Crippen LogP contribution >= 0.6 is 22.6 Å². The van der Waals surface area contributed by atoms with E-state index in [0.29, 0.717) is 0 Å². The zero-order valence-corrected chi connectivity index (χ0v) is 18.4. The SMILES string of the molecule is C[N-]C.C[N-]C.C[N-]OC[C@@H]1CCCC1I.[CH3-].[Hf+4]. The van der Waals surface area contributed by atoms with Gasteiger partial charge in [-0.05, 0) is 18.8 Å². The monoisotopic (exact) mass is 537 g/mol. The van der Waals surface area contributed by atoms with E-state index in [2.05, 4.69) is 38.7 Å². The summed E-state index contributed by atoms with van der Waals surface area (Å²) in [5.74, 6) is 0.754. The number of hydrogen-bond acceptors (Lipinski definition) is 1. The van der Waals surface area contributed by atoms with Gasteiger partial charge in [0.25, 0.3) is 0 Å². The van der Waals surface area contributed by atoms with E-state index in [4.69, 9.17) is 4.84 Å². The van der Waals surface area contributed by atoms with Gasteiger partial charge < -0.3 is 28.4 Å². The van der Waals surface area contributed by atoms with Gasteiger partial charge in [-0.15, -0.1) is 7.05 Å². The first-order chi connectivity index (χ1) is 7.67. The smallest absolute Gasteiger partial charge is 0.668 e. The van der Waals surface area contributed by atoms with Crippen molar-refractivity contribution < 1.29 is 30.7 Å². The second kappa shape index (κ2) is 23.5. The molecule has 0 aromatic heterocycles. The molecule has 1 aliphatic carbocycles. The van der Waals surface area contributed by atoms with E-state index in [1.807, 2.05) is 0 Å². The number of nitrogens with zero attached hydrogens (tertiary/aromatic N) is 3. The number of hydroxylamine groups is 1. The van der Waals surface area contributed by atoms with Crippen molar-refractivity contribution >= 4 is 22.6 Å². The Morgan fingerprint density at radius 2 is 1.50 bits per heavy atom. The molecule has 6 heteroatoms. The molecule has 0 aliphatic heterocycles. The Hall–Kier alpha value is 1.44. The van der Waals surface area contributed by atoms with E-state index in [1.54, 1.807) is 35.2 Å². The Morgan fingerprint density at radius 1 is 1.06 bits per heavy atom. The van der Waals surface area contributed by atoms with Crippen LogP contribution in [0.1, 0.15) is 19.3 Å². The van der Waals surface area contributed by atoms with Crippen LogP contribution < -0.4 is 0 Å². The van der Waals surface area contributed by atoms with Crippen molar-refractivity contribution in [3.05, 3.63) is 23.5 Å². The molecule has 1 rings (SSSR count). The van der Waals surface area contributed by atoms with Crippen molar-refractivity contribution in [3.8, 4) is 0 Å². The summed E-state index contributed by atoms with van der Waals surface area (Å²) >= 11 is 2.51. The second-order valence-electron chi connectivity index (χ2n) is 3.58. The Labute approximate surface area is 147 Å². The average Bonchev–Trinajstić information content (AvgIpc) is 2.63. The van der Waals surface area contributed by atoms with Gasteiger partial charge in [-0.3, -0.25) is 0 Å². The fourth-order valence-electron chi connectivity index (χ4n) is 1.35. The number of rotatable bonds is 3. The van der Waals surface area contributed by atoms with E-state index in [1.165, 1.54) is 19.3 Å². The molecule has 0 spiro atoms. The summed E-state index contributed by atoms with van der Waals surface area (Å²) in [6.45, 7) is 0.824.